The number of phenolic OH excluding ortho intramolecular Hbond substituents is 1. The highest BCUT2D eigenvalue weighted by Crippen LogP contribution is 2.27. The van der Waals surface area contributed by atoms with Gasteiger partial charge in [0.2, 0.25) is 23.6 Å². The maximum absolute atomic E-state index is 13.9. The molecule has 1 aromatic rings. The largest absolute Gasteiger partial charge is 0.502 e. The summed E-state index contributed by atoms with van der Waals surface area (Å²) in [5.41, 5.74) is 16.3. The number of nitrogens with zero attached hydrogens (tertiary/aromatic N) is 3. The van der Waals surface area contributed by atoms with Crippen LogP contribution in [-0.4, -0.2) is 110 Å². The zero-order chi connectivity index (χ0) is 37.0. The Morgan fingerprint density at radius 1 is 1.08 bits per heavy atom. The monoisotopic (exact) mass is 693 g/mol. The molecule has 2 rings (SSSR count). The fraction of sp³-hybridized carbons (Fsp3) is 0.600. The van der Waals surface area contributed by atoms with Crippen molar-refractivity contribution < 1.29 is 44.2 Å². The van der Waals surface area contributed by atoms with E-state index < -0.39 is 82.3 Å². The van der Waals surface area contributed by atoms with Crippen LogP contribution in [0.4, 0.5) is 5.69 Å². The van der Waals surface area contributed by atoms with Gasteiger partial charge in [0.05, 0.1) is 17.1 Å². The van der Waals surface area contributed by atoms with Gasteiger partial charge in [-0.05, 0) is 56.6 Å². The van der Waals surface area contributed by atoms with Crippen molar-refractivity contribution in [1.82, 2.24) is 20.9 Å². The Kier molecular flexibility index (Phi) is 15.1. The number of carbonyl (C=O) groups is 5. The summed E-state index contributed by atoms with van der Waals surface area (Å²) in [6, 6.07) is -2.86. The second-order valence-corrected chi connectivity index (χ2v) is 12.3. The molecule has 1 aromatic carbocycles. The van der Waals surface area contributed by atoms with Crippen LogP contribution in [-0.2, 0) is 30.4 Å². The molecule has 6 atom stereocenters. The fourth-order valence-corrected chi connectivity index (χ4v) is 5.32. The van der Waals surface area contributed by atoms with E-state index in [2.05, 4.69) is 20.9 Å². The zero-order valence-electron chi connectivity index (χ0n) is 27.7. The Hall–Kier alpha value is -5.04. The molecule has 0 saturated carbocycles. The van der Waals surface area contributed by atoms with Gasteiger partial charge in [-0.3, -0.25) is 34.3 Å². The van der Waals surface area contributed by atoms with E-state index in [1.165, 1.54) is 17.9 Å². The van der Waals surface area contributed by atoms with E-state index in [0.29, 0.717) is 12.8 Å². The number of likely N-dealkylation sites (tertiary alicyclic amines) is 1. The molecule has 1 aliphatic rings. The van der Waals surface area contributed by atoms with Crippen LogP contribution in [0.5, 0.6) is 5.75 Å². The van der Waals surface area contributed by atoms with Gasteiger partial charge in [0, 0.05) is 25.6 Å². The minimum atomic E-state index is -1.60. The summed E-state index contributed by atoms with van der Waals surface area (Å²) >= 11 is 0. The first-order valence-corrected chi connectivity index (χ1v) is 15.8. The molecule has 0 bridgehead atoms. The molecular weight excluding hydrogens is 646 g/mol. The summed E-state index contributed by atoms with van der Waals surface area (Å²) in [6.45, 7) is 5.15. The SMILES string of the molecule is CC(C)C[C@H](NC(=O)[C@H](Cc1ccc(O)c([N+](=O)[O-])c1)NC(=O)[C@@H](N)CCCN=C(N)N)C(=O)N1CCC[C@H]1C(=O)N[C@H](C(=O)O)[C@@H](C)O. The number of nitro groups is 1. The number of aliphatic hydroxyl groups is 1. The molecule has 0 radical (unpaired) electrons. The molecule has 0 unspecified atom stereocenters. The third kappa shape index (κ3) is 12.2. The number of carboxylic acid groups (broad SMARTS) is 1. The number of nitrogens with one attached hydrogen (secondary N) is 3. The second-order valence-electron chi connectivity index (χ2n) is 12.3. The average Bonchev–Trinajstić information content (AvgIpc) is 3.51. The van der Waals surface area contributed by atoms with E-state index in [4.69, 9.17) is 17.2 Å². The number of aliphatic imine (C=N–C) groups is 1. The number of amides is 4. The van der Waals surface area contributed by atoms with Crippen LogP contribution in [0.25, 0.3) is 0 Å². The summed E-state index contributed by atoms with van der Waals surface area (Å²) < 4.78 is 0. The van der Waals surface area contributed by atoms with Crippen LogP contribution < -0.4 is 33.2 Å². The van der Waals surface area contributed by atoms with Crippen LogP contribution in [0.2, 0.25) is 0 Å². The molecule has 0 aromatic heterocycles. The third-order valence-corrected chi connectivity index (χ3v) is 7.82. The van der Waals surface area contributed by atoms with E-state index in [9.17, 15) is 49.4 Å². The molecule has 1 aliphatic heterocycles. The minimum Gasteiger partial charge on any atom is -0.502 e. The number of nitrogens with two attached hydrogens (primary N) is 3. The number of hydrogen-bond donors (Lipinski definition) is 9. The molecule has 12 N–H and O–H groups in total. The predicted molar refractivity (Wildman–Crippen MR) is 176 cm³/mol. The van der Waals surface area contributed by atoms with Crippen molar-refractivity contribution >= 4 is 41.2 Å². The van der Waals surface area contributed by atoms with Gasteiger partial charge < -0.3 is 53.4 Å². The Morgan fingerprint density at radius 3 is 2.31 bits per heavy atom. The lowest BCUT2D eigenvalue weighted by Crippen LogP contribution is -2.59. The van der Waals surface area contributed by atoms with Gasteiger partial charge in [0.15, 0.2) is 17.8 Å². The van der Waals surface area contributed by atoms with Crippen molar-refractivity contribution in [2.24, 2.45) is 28.1 Å². The van der Waals surface area contributed by atoms with Crippen LogP contribution in [0, 0.1) is 16.0 Å². The van der Waals surface area contributed by atoms with Crippen molar-refractivity contribution in [3.8, 4) is 5.75 Å². The number of phenols is 1. The zero-order valence-corrected chi connectivity index (χ0v) is 27.7. The van der Waals surface area contributed by atoms with Crippen LogP contribution in [0.1, 0.15) is 58.4 Å². The number of aliphatic carboxylic acids is 1. The molecule has 1 heterocycles. The Balaban J connectivity index is 2.34. The normalized spacial score (nSPS) is 17.3. The summed E-state index contributed by atoms with van der Waals surface area (Å²) in [4.78, 5) is 81.0. The van der Waals surface area contributed by atoms with Gasteiger partial charge >= 0.3 is 11.7 Å². The van der Waals surface area contributed by atoms with Gasteiger partial charge in [-0.15, -0.1) is 0 Å². The molecule has 1 saturated heterocycles. The molecule has 1 fully saturated rings. The quantitative estimate of drug-likeness (QED) is 0.0269. The second kappa shape index (κ2) is 18.5. The molecule has 49 heavy (non-hydrogen) atoms. The number of nitro benzene ring substituents is 1. The van der Waals surface area contributed by atoms with Crippen molar-refractivity contribution in [3.05, 3.63) is 33.9 Å². The predicted octanol–water partition coefficient (Wildman–Crippen LogP) is -1.82. The first-order chi connectivity index (χ1) is 22.9. The summed E-state index contributed by atoms with van der Waals surface area (Å²) in [5, 5.41) is 48.0. The lowest BCUT2D eigenvalue weighted by atomic mass is 9.99. The van der Waals surface area contributed by atoms with Gasteiger partial charge in [-0.1, -0.05) is 19.9 Å². The van der Waals surface area contributed by atoms with Crippen LogP contribution in [0.3, 0.4) is 0 Å². The molecular formula is C30H47N9O10. The summed E-state index contributed by atoms with van der Waals surface area (Å²) in [5.74, 6) is -5.27. The molecule has 0 aliphatic carbocycles. The highest BCUT2D eigenvalue weighted by molar-refractivity contribution is 5.96. The van der Waals surface area contributed by atoms with Gasteiger partial charge in [-0.2, -0.15) is 0 Å². The molecule has 19 heteroatoms. The van der Waals surface area contributed by atoms with Crippen molar-refractivity contribution in [2.45, 2.75) is 95.6 Å². The number of aromatic hydroxyl groups is 1. The Morgan fingerprint density at radius 2 is 1.73 bits per heavy atom. The minimum absolute atomic E-state index is 0.122. The number of benzene rings is 1. The molecule has 19 nitrogen and oxygen atoms in total. The number of rotatable bonds is 18. The highest BCUT2D eigenvalue weighted by Gasteiger charge is 2.40. The summed E-state index contributed by atoms with van der Waals surface area (Å²) in [7, 11) is 0. The van der Waals surface area contributed by atoms with E-state index >= 15 is 0 Å². The maximum Gasteiger partial charge on any atom is 0.328 e. The molecule has 4 amide bonds. The Bertz CT molecular complexity index is 1400. The first kappa shape index (κ1) is 40.1. The number of carbonyl (C=O) groups excluding carboxylic acids is 4. The van der Waals surface area contributed by atoms with Crippen molar-refractivity contribution in [2.75, 3.05) is 13.1 Å². The number of hydrogen-bond acceptors (Lipinski definition) is 11. The smallest absolute Gasteiger partial charge is 0.328 e. The lowest BCUT2D eigenvalue weighted by molar-refractivity contribution is -0.385. The average molecular weight is 694 g/mol. The van der Waals surface area contributed by atoms with Gasteiger partial charge in [0.25, 0.3) is 0 Å². The fourth-order valence-electron chi connectivity index (χ4n) is 5.32. The lowest BCUT2D eigenvalue weighted by Gasteiger charge is -2.31. The maximum atomic E-state index is 13.9. The number of guanidine groups is 1. The highest BCUT2D eigenvalue weighted by atomic mass is 16.6. The molecule has 272 valence electrons. The van der Waals surface area contributed by atoms with Crippen LogP contribution >= 0.6 is 0 Å². The number of carboxylic acids is 1. The van der Waals surface area contributed by atoms with Gasteiger partial charge in [0.1, 0.15) is 18.1 Å². The van der Waals surface area contributed by atoms with Gasteiger partial charge in [-0.25, -0.2) is 4.79 Å². The van der Waals surface area contributed by atoms with Crippen LogP contribution in [0.15, 0.2) is 23.2 Å². The number of aliphatic hydroxyl groups excluding tert-OH is 1. The molecule has 0 spiro atoms. The van der Waals surface area contributed by atoms with Crippen molar-refractivity contribution in [3.63, 3.8) is 0 Å². The van der Waals surface area contributed by atoms with Crippen molar-refractivity contribution in [1.29, 1.82) is 0 Å². The third-order valence-electron chi connectivity index (χ3n) is 7.82. The topological polar surface area (TPSA) is 319 Å². The van der Waals surface area contributed by atoms with E-state index in [1.807, 2.05) is 0 Å². The van der Waals surface area contributed by atoms with E-state index in [-0.39, 0.29) is 56.2 Å². The summed E-state index contributed by atoms with van der Waals surface area (Å²) in [6.07, 6.45) is -0.458. The van der Waals surface area contributed by atoms with E-state index in [1.54, 1.807) is 13.8 Å². The standard InChI is InChI=1S/C30H47N9O10/c1-15(2)12-20(28(45)38-11-5-7-21(38)27(44)37-24(16(3)40)29(46)47)36-26(43)19(13-17-8-9-23(41)22(14-17)39(48)49)35-25(42)18(31)6-4-10-34-30(32)33/h8-9,14-16,18-21,24,40-41H,4-7,10-13,31H2,1-3H3,(H,35,42)(H,36,43)(H,37,44)(H,46,47)(H4,32,33,34)/t16-,18+,19+,20+,21+,24+/m1/s1. The van der Waals surface area contributed by atoms with E-state index in [0.717, 1.165) is 12.1 Å². The first-order valence-electron chi connectivity index (χ1n) is 15.8. The Labute approximate surface area is 282 Å².